The maximum atomic E-state index is 12.9. The summed E-state index contributed by atoms with van der Waals surface area (Å²) in [6.07, 6.45) is 6.16. The van der Waals surface area contributed by atoms with E-state index in [0.717, 1.165) is 38.4 Å². The molecule has 5 nitrogen and oxygen atoms in total. The fourth-order valence-corrected chi connectivity index (χ4v) is 4.70. The van der Waals surface area contributed by atoms with Gasteiger partial charge in [-0.1, -0.05) is 30.9 Å². The van der Waals surface area contributed by atoms with E-state index in [4.69, 9.17) is 16.3 Å². The van der Waals surface area contributed by atoms with Crippen LogP contribution in [0.25, 0.3) is 0 Å². The minimum Gasteiger partial charge on any atom is -0.383 e. The van der Waals surface area contributed by atoms with Gasteiger partial charge < -0.3 is 9.64 Å². The maximum absolute atomic E-state index is 12.9. The monoisotopic (exact) mass is 387 g/mol. The minimum absolute atomic E-state index is 0.0196. The van der Waals surface area contributed by atoms with E-state index in [1.807, 2.05) is 0 Å². The Bertz CT molecular complexity index is 727. The average molecular weight is 388 g/mol. The smallest absolute Gasteiger partial charge is 0.177 e. The standard InChI is InChI=1S/C18H26ClNO4S/c1-20(11-12-24-2)17-15(25(3,22)23)10-9-14(16(17)19)18(21)13-7-5-4-6-8-13/h9-10,13H,4-8,11-12H2,1-3H3. The Balaban J connectivity index is 2.47. The first-order valence-electron chi connectivity index (χ1n) is 8.54. The molecule has 0 spiro atoms. The van der Waals surface area contributed by atoms with E-state index in [1.54, 1.807) is 25.1 Å². The Labute approximate surface area is 155 Å². The van der Waals surface area contributed by atoms with E-state index in [0.29, 0.717) is 24.4 Å². The number of anilines is 1. The molecular formula is C18H26ClNO4S. The van der Waals surface area contributed by atoms with E-state index in [-0.39, 0.29) is 21.6 Å². The molecule has 1 fully saturated rings. The molecule has 0 amide bonds. The molecule has 7 heteroatoms. The molecule has 1 aromatic carbocycles. The van der Waals surface area contributed by atoms with Crippen molar-refractivity contribution in [1.82, 2.24) is 0 Å². The molecule has 0 radical (unpaired) electrons. The lowest BCUT2D eigenvalue weighted by Crippen LogP contribution is -2.26. The van der Waals surface area contributed by atoms with E-state index >= 15 is 0 Å². The number of methoxy groups -OCH3 is 1. The normalized spacial score (nSPS) is 16.0. The zero-order valence-corrected chi connectivity index (χ0v) is 16.6. The van der Waals surface area contributed by atoms with Crippen molar-refractivity contribution in [2.75, 3.05) is 38.5 Å². The molecule has 1 aliphatic rings. The Morgan fingerprint density at radius 3 is 2.48 bits per heavy atom. The molecule has 0 saturated heterocycles. The van der Waals surface area contributed by atoms with Gasteiger partial charge in [-0.2, -0.15) is 0 Å². The van der Waals surface area contributed by atoms with Crippen molar-refractivity contribution in [2.45, 2.75) is 37.0 Å². The van der Waals surface area contributed by atoms with Gasteiger partial charge in [-0.25, -0.2) is 8.42 Å². The number of carbonyl (C=O) groups excluding carboxylic acids is 1. The molecule has 1 saturated carbocycles. The zero-order chi connectivity index (χ0) is 18.6. The molecule has 1 aromatic rings. The summed E-state index contributed by atoms with van der Waals surface area (Å²) in [5.41, 5.74) is 0.795. The molecule has 140 valence electrons. The van der Waals surface area contributed by atoms with Crippen molar-refractivity contribution in [2.24, 2.45) is 5.92 Å². The number of nitrogens with zero attached hydrogens (tertiary/aromatic N) is 1. The number of sulfone groups is 1. The van der Waals surface area contributed by atoms with Crippen LogP contribution in [0.3, 0.4) is 0 Å². The molecule has 2 rings (SSSR count). The second-order valence-electron chi connectivity index (χ2n) is 6.66. The molecule has 0 aliphatic heterocycles. The lowest BCUT2D eigenvalue weighted by molar-refractivity contribution is 0.0889. The summed E-state index contributed by atoms with van der Waals surface area (Å²) < 4.78 is 29.4. The number of hydrogen-bond acceptors (Lipinski definition) is 5. The Hall–Kier alpha value is -1.11. The zero-order valence-electron chi connectivity index (χ0n) is 15.0. The first kappa shape index (κ1) is 20.2. The van der Waals surface area contributed by atoms with Crippen LogP contribution >= 0.6 is 11.6 Å². The number of ketones is 1. The number of hydrogen-bond donors (Lipinski definition) is 0. The number of carbonyl (C=O) groups is 1. The minimum atomic E-state index is -3.47. The quantitative estimate of drug-likeness (QED) is 0.669. The van der Waals surface area contributed by atoms with Crippen LogP contribution in [0.2, 0.25) is 5.02 Å². The maximum Gasteiger partial charge on any atom is 0.177 e. The second kappa shape index (κ2) is 8.52. The summed E-state index contributed by atoms with van der Waals surface area (Å²) in [7, 11) is -0.139. The summed E-state index contributed by atoms with van der Waals surface area (Å²) in [5, 5.41) is 0.220. The Kier molecular flexibility index (Phi) is 6.88. The molecule has 0 atom stereocenters. The van der Waals surface area contributed by atoms with Crippen molar-refractivity contribution in [3.63, 3.8) is 0 Å². The van der Waals surface area contributed by atoms with Crippen LogP contribution < -0.4 is 4.90 Å². The SMILES string of the molecule is COCCN(C)c1c(S(C)(=O)=O)ccc(C(=O)C2CCCCC2)c1Cl. The fourth-order valence-electron chi connectivity index (χ4n) is 3.32. The van der Waals surface area contributed by atoms with Gasteiger partial charge in [-0.05, 0) is 25.0 Å². The van der Waals surface area contributed by atoms with Crippen LogP contribution in [-0.4, -0.2) is 47.8 Å². The van der Waals surface area contributed by atoms with Crippen molar-refractivity contribution in [3.05, 3.63) is 22.7 Å². The highest BCUT2D eigenvalue weighted by Crippen LogP contribution is 2.38. The van der Waals surface area contributed by atoms with Crippen LogP contribution in [0.5, 0.6) is 0 Å². The van der Waals surface area contributed by atoms with E-state index in [9.17, 15) is 13.2 Å². The highest BCUT2D eigenvalue weighted by molar-refractivity contribution is 7.90. The molecular weight excluding hydrogens is 362 g/mol. The van der Waals surface area contributed by atoms with Crippen molar-refractivity contribution in [1.29, 1.82) is 0 Å². The molecule has 1 aliphatic carbocycles. The number of benzene rings is 1. The number of halogens is 1. The third kappa shape index (κ3) is 4.74. The van der Waals surface area contributed by atoms with Gasteiger partial charge >= 0.3 is 0 Å². The van der Waals surface area contributed by atoms with Gasteiger partial charge in [-0.15, -0.1) is 0 Å². The van der Waals surface area contributed by atoms with Crippen LogP contribution in [0.15, 0.2) is 17.0 Å². The highest BCUT2D eigenvalue weighted by atomic mass is 35.5. The lowest BCUT2D eigenvalue weighted by atomic mass is 9.84. The molecule has 0 aromatic heterocycles. The van der Waals surface area contributed by atoms with Gasteiger partial charge in [0.05, 0.1) is 22.2 Å². The van der Waals surface area contributed by atoms with Gasteiger partial charge in [0.25, 0.3) is 0 Å². The summed E-state index contributed by atoms with van der Waals surface area (Å²) in [6.45, 7) is 0.899. The van der Waals surface area contributed by atoms with E-state index in [2.05, 4.69) is 0 Å². The Morgan fingerprint density at radius 1 is 1.28 bits per heavy atom. The van der Waals surface area contributed by atoms with Crippen LogP contribution in [-0.2, 0) is 14.6 Å². The first-order valence-corrected chi connectivity index (χ1v) is 10.8. The van der Waals surface area contributed by atoms with Gasteiger partial charge in [0, 0.05) is 38.4 Å². The predicted octanol–water partition coefficient (Wildman–Crippen LogP) is 3.59. The molecule has 25 heavy (non-hydrogen) atoms. The lowest BCUT2D eigenvalue weighted by Gasteiger charge is -2.26. The Morgan fingerprint density at radius 2 is 1.92 bits per heavy atom. The fraction of sp³-hybridized carbons (Fsp3) is 0.611. The van der Waals surface area contributed by atoms with Gasteiger partial charge in [0.2, 0.25) is 0 Å². The second-order valence-corrected chi connectivity index (χ2v) is 9.02. The average Bonchev–Trinajstić information content (AvgIpc) is 2.58. The summed E-state index contributed by atoms with van der Waals surface area (Å²) in [5.74, 6) is -0.00129. The molecule has 0 N–H and O–H groups in total. The predicted molar refractivity (Wildman–Crippen MR) is 101 cm³/mol. The van der Waals surface area contributed by atoms with Crippen LogP contribution in [0.4, 0.5) is 5.69 Å². The van der Waals surface area contributed by atoms with Crippen LogP contribution in [0.1, 0.15) is 42.5 Å². The van der Waals surface area contributed by atoms with Crippen molar-refractivity contribution in [3.8, 4) is 0 Å². The van der Waals surface area contributed by atoms with E-state index in [1.165, 1.54) is 6.07 Å². The van der Waals surface area contributed by atoms with Crippen molar-refractivity contribution >= 4 is 32.9 Å². The summed E-state index contributed by atoms with van der Waals surface area (Å²) in [4.78, 5) is 14.8. The number of ether oxygens (including phenoxy) is 1. The highest BCUT2D eigenvalue weighted by Gasteiger charge is 2.28. The van der Waals surface area contributed by atoms with Crippen LogP contribution in [0, 0.1) is 5.92 Å². The van der Waals surface area contributed by atoms with Crippen molar-refractivity contribution < 1.29 is 17.9 Å². The largest absolute Gasteiger partial charge is 0.383 e. The summed E-state index contributed by atoms with van der Waals surface area (Å²) in [6, 6.07) is 3.05. The molecule has 0 bridgehead atoms. The van der Waals surface area contributed by atoms with Gasteiger partial charge in [0.15, 0.2) is 15.6 Å². The third-order valence-electron chi connectivity index (χ3n) is 4.73. The summed E-state index contributed by atoms with van der Waals surface area (Å²) >= 11 is 6.54. The molecule has 0 heterocycles. The first-order chi connectivity index (χ1) is 11.8. The number of likely N-dealkylation sites (N-methyl/N-ethyl adjacent to an activating group) is 1. The third-order valence-corrected chi connectivity index (χ3v) is 6.24. The topological polar surface area (TPSA) is 63.7 Å². The number of rotatable bonds is 7. The number of Topliss-reactive ketones (excluding diaryl/α,β-unsaturated/α-hetero) is 1. The van der Waals surface area contributed by atoms with Gasteiger partial charge in [-0.3, -0.25) is 4.79 Å². The van der Waals surface area contributed by atoms with Gasteiger partial charge in [0.1, 0.15) is 0 Å². The molecule has 0 unspecified atom stereocenters. The van der Waals surface area contributed by atoms with E-state index < -0.39 is 9.84 Å².